The van der Waals surface area contributed by atoms with Gasteiger partial charge in [0.25, 0.3) is 0 Å². The van der Waals surface area contributed by atoms with Gasteiger partial charge in [-0.15, -0.1) is 0 Å². The molecular formula is C23H28N2O3. The third kappa shape index (κ3) is 3.49. The van der Waals surface area contributed by atoms with E-state index in [1.807, 2.05) is 38.1 Å². The Balaban J connectivity index is 2.34. The molecule has 5 heteroatoms. The summed E-state index contributed by atoms with van der Waals surface area (Å²) < 4.78 is 12.6. The monoisotopic (exact) mass is 380 g/mol. The summed E-state index contributed by atoms with van der Waals surface area (Å²) in [6, 6.07) is 12.0. The summed E-state index contributed by atoms with van der Waals surface area (Å²) in [7, 11) is 3.20. The quantitative estimate of drug-likeness (QED) is 0.642. The SMILES string of the molecule is COc1cc2c(-c3ccc(C(C)(C)C)cc3)nc(=O)n(C(C)C)c2cc1OC. The molecule has 3 aromatic rings. The van der Waals surface area contributed by atoms with Crippen molar-refractivity contribution in [3.8, 4) is 22.8 Å². The number of rotatable bonds is 4. The summed E-state index contributed by atoms with van der Waals surface area (Å²) in [5.41, 5.74) is 3.35. The van der Waals surface area contributed by atoms with Crippen LogP contribution in [0.15, 0.2) is 41.2 Å². The number of benzene rings is 2. The first-order valence-electron chi connectivity index (χ1n) is 9.46. The first-order chi connectivity index (χ1) is 13.2. The molecule has 2 aromatic carbocycles. The van der Waals surface area contributed by atoms with E-state index in [0.29, 0.717) is 17.2 Å². The van der Waals surface area contributed by atoms with Gasteiger partial charge in [0.2, 0.25) is 0 Å². The molecule has 0 saturated carbocycles. The van der Waals surface area contributed by atoms with E-state index in [4.69, 9.17) is 9.47 Å². The molecule has 0 aliphatic carbocycles. The standard InChI is InChI=1S/C23H28N2O3/c1-14(2)25-18-13-20(28-7)19(27-6)12-17(18)21(24-22(25)26)15-8-10-16(11-9-15)23(3,4)5/h8-14H,1-7H3. The normalized spacial score (nSPS) is 11.9. The maximum absolute atomic E-state index is 12.8. The zero-order valence-corrected chi connectivity index (χ0v) is 17.7. The van der Waals surface area contributed by atoms with Gasteiger partial charge in [0.1, 0.15) is 0 Å². The minimum Gasteiger partial charge on any atom is -0.493 e. The summed E-state index contributed by atoms with van der Waals surface area (Å²) in [5, 5.41) is 0.856. The number of nitrogens with zero attached hydrogens (tertiary/aromatic N) is 2. The van der Waals surface area contributed by atoms with E-state index in [-0.39, 0.29) is 17.1 Å². The van der Waals surface area contributed by atoms with Crippen LogP contribution in [0.3, 0.4) is 0 Å². The zero-order chi connectivity index (χ0) is 20.6. The highest BCUT2D eigenvalue weighted by Gasteiger charge is 2.19. The van der Waals surface area contributed by atoms with Crippen LogP contribution in [-0.4, -0.2) is 23.8 Å². The Labute approximate surface area is 165 Å². The van der Waals surface area contributed by atoms with Gasteiger partial charge in [-0.2, -0.15) is 4.98 Å². The van der Waals surface area contributed by atoms with E-state index >= 15 is 0 Å². The smallest absolute Gasteiger partial charge is 0.348 e. The molecule has 0 amide bonds. The molecule has 1 heterocycles. The fourth-order valence-electron chi connectivity index (χ4n) is 3.42. The van der Waals surface area contributed by atoms with E-state index in [9.17, 15) is 4.79 Å². The van der Waals surface area contributed by atoms with Gasteiger partial charge in [-0.25, -0.2) is 4.79 Å². The van der Waals surface area contributed by atoms with Gasteiger partial charge in [0.15, 0.2) is 11.5 Å². The van der Waals surface area contributed by atoms with Crippen molar-refractivity contribution in [2.45, 2.75) is 46.1 Å². The van der Waals surface area contributed by atoms with E-state index in [1.54, 1.807) is 18.8 Å². The van der Waals surface area contributed by atoms with E-state index in [1.165, 1.54) is 5.56 Å². The molecule has 0 spiro atoms. The molecule has 1 aromatic heterocycles. The molecule has 0 aliphatic heterocycles. The highest BCUT2D eigenvalue weighted by atomic mass is 16.5. The average Bonchev–Trinajstić information content (AvgIpc) is 2.65. The van der Waals surface area contributed by atoms with E-state index < -0.39 is 0 Å². The van der Waals surface area contributed by atoms with Crippen molar-refractivity contribution in [1.29, 1.82) is 0 Å². The second-order valence-electron chi connectivity index (χ2n) is 8.26. The van der Waals surface area contributed by atoms with Gasteiger partial charge in [0.05, 0.1) is 25.4 Å². The lowest BCUT2D eigenvalue weighted by atomic mass is 9.86. The molecular weight excluding hydrogens is 352 g/mol. The second kappa shape index (κ2) is 7.30. The Hall–Kier alpha value is -2.82. The lowest BCUT2D eigenvalue weighted by Gasteiger charge is -2.20. The predicted molar refractivity (Wildman–Crippen MR) is 114 cm³/mol. The molecule has 3 rings (SSSR count). The van der Waals surface area contributed by atoms with Crippen molar-refractivity contribution < 1.29 is 9.47 Å². The lowest BCUT2D eigenvalue weighted by Crippen LogP contribution is -2.25. The third-order valence-electron chi connectivity index (χ3n) is 4.97. The summed E-state index contributed by atoms with van der Waals surface area (Å²) >= 11 is 0. The summed E-state index contributed by atoms with van der Waals surface area (Å²) in [5.74, 6) is 1.20. The molecule has 0 fully saturated rings. The Bertz CT molecular complexity index is 1060. The van der Waals surface area contributed by atoms with Crippen molar-refractivity contribution in [3.63, 3.8) is 0 Å². The van der Waals surface area contributed by atoms with Gasteiger partial charge in [0, 0.05) is 23.1 Å². The molecule has 0 atom stereocenters. The summed E-state index contributed by atoms with van der Waals surface area (Å²) in [4.78, 5) is 17.3. The summed E-state index contributed by atoms with van der Waals surface area (Å²) in [6.45, 7) is 10.5. The molecule has 0 saturated heterocycles. The van der Waals surface area contributed by atoms with Crippen LogP contribution in [0.4, 0.5) is 0 Å². The number of methoxy groups -OCH3 is 2. The Morgan fingerprint density at radius 3 is 2.04 bits per heavy atom. The summed E-state index contributed by atoms with van der Waals surface area (Å²) in [6.07, 6.45) is 0. The van der Waals surface area contributed by atoms with Crippen LogP contribution in [0, 0.1) is 0 Å². The van der Waals surface area contributed by atoms with Crippen LogP contribution >= 0.6 is 0 Å². The van der Waals surface area contributed by atoms with Gasteiger partial charge in [-0.3, -0.25) is 4.57 Å². The lowest BCUT2D eigenvalue weighted by molar-refractivity contribution is 0.355. The number of fused-ring (bicyclic) bond motifs is 1. The Kier molecular flexibility index (Phi) is 5.20. The molecule has 148 valence electrons. The van der Waals surface area contributed by atoms with Gasteiger partial charge >= 0.3 is 5.69 Å². The van der Waals surface area contributed by atoms with Crippen LogP contribution in [0.25, 0.3) is 22.2 Å². The van der Waals surface area contributed by atoms with Crippen LogP contribution in [0.2, 0.25) is 0 Å². The van der Waals surface area contributed by atoms with Gasteiger partial charge in [-0.1, -0.05) is 45.0 Å². The Morgan fingerprint density at radius 1 is 0.964 bits per heavy atom. The number of ether oxygens (including phenoxy) is 2. The highest BCUT2D eigenvalue weighted by Crippen LogP contribution is 2.36. The van der Waals surface area contributed by atoms with E-state index in [2.05, 4.69) is 37.9 Å². The molecule has 0 unspecified atom stereocenters. The van der Waals surface area contributed by atoms with E-state index in [0.717, 1.165) is 16.5 Å². The number of hydrogen-bond acceptors (Lipinski definition) is 4. The predicted octanol–water partition coefficient (Wildman–Crippen LogP) is 4.96. The molecule has 0 bridgehead atoms. The van der Waals surface area contributed by atoms with Crippen LogP contribution in [-0.2, 0) is 5.41 Å². The maximum atomic E-state index is 12.8. The highest BCUT2D eigenvalue weighted by molar-refractivity contribution is 5.94. The molecule has 0 radical (unpaired) electrons. The second-order valence-corrected chi connectivity index (χ2v) is 8.26. The molecule has 28 heavy (non-hydrogen) atoms. The maximum Gasteiger partial charge on any atom is 0.348 e. The van der Waals surface area contributed by atoms with Crippen molar-refractivity contribution in [2.24, 2.45) is 0 Å². The molecule has 5 nitrogen and oxygen atoms in total. The van der Waals surface area contributed by atoms with Gasteiger partial charge < -0.3 is 9.47 Å². The van der Waals surface area contributed by atoms with Crippen LogP contribution in [0.1, 0.15) is 46.2 Å². The van der Waals surface area contributed by atoms with Crippen molar-refractivity contribution in [3.05, 3.63) is 52.4 Å². The van der Waals surface area contributed by atoms with Crippen molar-refractivity contribution in [2.75, 3.05) is 14.2 Å². The fraction of sp³-hybridized carbons (Fsp3) is 0.391. The fourth-order valence-corrected chi connectivity index (χ4v) is 3.42. The van der Waals surface area contributed by atoms with Crippen LogP contribution < -0.4 is 15.2 Å². The number of hydrogen-bond donors (Lipinski definition) is 0. The molecule has 0 N–H and O–H groups in total. The Morgan fingerprint density at radius 2 is 1.54 bits per heavy atom. The first kappa shape index (κ1) is 19.9. The van der Waals surface area contributed by atoms with Crippen LogP contribution in [0.5, 0.6) is 11.5 Å². The zero-order valence-electron chi connectivity index (χ0n) is 17.7. The third-order valence-corrected chi connectivity index (χ3v) is 4.97. The molecule has 0 aliphatic rings. The largest absolute Gasteiger partial charge is 0.493 e. The minimum absolute atomic E-state index is 0.0297. The average molecular weight is 380 g/mol. The van der Waals surface area contributed by atoms with Crippen molar-refractivity contribution >= 4 is 10.9 Å². The van der Waals surface area contributed by atoms with Gasteiger partial charge in [-0.05, 0) is 30.9 Å². The van der Waals surface area contributed by atoms with Crippen molar-refractivity contribution in [1.82, 2.24) is 9.55 Å². The number of aromatic nitrogens is 2. The minimum atomic E-state index is -0.274. The topological polar surface area (TPSA) is 53.3 Å². The first-order valence-corrected chi connectivity index (χ1v) is 9.46.